The van der Waals surface area contributed by atoms with Gasteiger partial charge in [-0.1, -0.05) is 0 Å². The summed E-state index contributed by atoms with van der Waals surface area (Å²) < 4.78 is 7.03. The standard InChI is InChI=1S/C8H9N3O/c1-6-3-9-4-7-10-5-8(12-2)11(6)7/h3-5H,1-2H3. The fourth-order valence-corrected chi connectivity index (χ4v) is 1.21. The van der Waals surface area contributed by atoms with Gasteiger partial charge >= 0.3 is 0 Å². The van der Waals surface area contributed by atoms with Gasteiger partial charge in [-0.2, -0.15) is 0 Å². The Balaban J connectivity index is 2.83. The quantitative estimate of drug-likeness (QED) is 0.630. The molecule has 0 saturated carbocycles. The third-order valence-electron chi connectivity index (χ3n) is 1.77. The summed E-state index contributed by atoms with van der Waals surface area (Å²) >= 11 is 0. The molecule has 0 saturated heterocycles. The first-order valence-electron chi connectivity index (χ1n) is 3.65. The highest BCUT2D eigenvalue weighted by molar-refractivity contribution is 5.41. The van der Waals surface area contributed by atoms with Crippen molar-refractivity contribution < 1.29 is 4.74 Å². The number of aromatic nitrogens is 3. The smallest absolute Gasteiger partial charge is 0.218 e. The maximum absolute atomic E-state index is 5.12. The maximum atomic E-state index is 5.12. The topological polar surface area (TPSA) is 39.4 Å². The lowest BCUT2D eigenvalue weighted by molar-refractivity contribution is 0.393. The summed E-state index contributed by atoms with van der Waals surface area (Å²) in [5.41, 5.74) is 1.83. The van der Waals surface area contributed by atoms with Gasteiger partial charge in [0.15, 0.2) is 5.65 Å². The molecule has 0 amide bonds. The van der Waals surface area contributed by atoms with Crippen molar-refractivity contribution in [2.24, 2.45) is 0 Å². The van der Waals surface area contributed by atoms with Crippen molar-refractivity contribution in [2.75, 3.05) is 7.11 Å². The highest BCUT2D eigenvalue weighted by Gasteiger charge is 2.03. The summed E-state index contributed by atoms with van der Waals surface area (Å²) in [6.45, 7) is 1.96. The van der Waals surface area contributed by atoms with Gasteiger partial charge in [-0.3, -0.25) is 9.38 Å². The number of methoxy groups -OCH3 is 1. The second-order valence-electron chi connectivity index (χ2n) is 2.54. The van der Waals surface area contributed by atoms with E-state index in [9.17, 15) is 0 Å². The Morgan fingerprint density at radius 2 is 2.17 bits per heavy atom. The summed E-state index contributed by atoms with van der Waals surface area (Å²) in [6.07, 6.45) is 5.16. The van der Waals surface area contributed by atoms with Crippen LogP contribution in [0.2, 0.25) is 0 Å². The van der Waals surface area contributed by atoms with Crippen LogP contribution in [0.5, 0.6) is 5.88 Å². The van der Waals surface area contributed by atoms with E-state index < -0.39 is 0 Å². The van der Waals surface area contributed by atoms with E-state index in [2.05, 4.69) is 9.97 Å². The van der Waals surface area contributed by atoms with E-state index in [4.69, 9.17) is 4.74 Å². The van der Waals surface area contributed by atoms with E-state index in [1.807, 2.05) is 11.3 Å². The molecule has 0 unspecified atom stereocenters. The molecule has 2 aromatic heterocycles. The van der Waals surface area contributed by atoms with Crippen molar-refractivity contribution in [2.45, 2.75) is 6.92 Å². The molecular formula is C8H9N3O. The summed E-state index contributed by atoms with van der Waals surface area (Å²) in [6, 6.07) is 0. The van der Waals surface area contributed by atoms with Gasteiger partial charge in [-0.15, -0.1) is 0 Å². The molecule has 0 aliphatic carbocycles. The van der Waals surface area contributed by atoms with E-state index in [1.165, 1.54) is 0 Å². The monoisotopic (exact) mass is 163 g/mol. The largest absolute Gasteiger partial charge is 0.481 e. The van der Waals surface area contributed by atoms with Crippen LogP contribution in [0.1, 0.15) is 5.69 Å². The molecule has 0 radical (unpaired) electrons. The molecule has 0 bridgehead atoms. The molecule has 0 atom stereocenters. The summed E-state index contributed by atoms with van der Waals surface area (Å²) in [5.74, 6) is 0.741. The van der Waals surface area contributed by atoms with Gasteiger partial charge in [-0.05, 0) is 6.92 Å². The first kappa shape index (κ1) is 7.09. The van der Waals surface area contributed by atoms with E-state index in [-0.39, 0.29) is 0 Å². The number of aryl methyl sites for hydroxylation is 1. The molecule has 0 N–H and O–H groups in total. The molecule has 0 fully saturated rings. The minimum atomic E-state index is 0.741. The zero-order valence-corrected chi connectivity index (χ0v) is 6.98. The Kier molecular flexibility index (Phi) is 1.46. The average molecular weight is 163 g/mol. The summed E-state index contributed by atoms with van der Waals surface area (Å²) in [7, 11) is 1.63. The van der Waals surface area contributed by atoms with Gasteiger partial charge in [0.2, 0.25) is 5.88 Å². The molecule has 0 aliphatic rings. The van der Waals surface area contributed by atoms with Gasteiger partial charge in [0.1, 0.15) is 0 Å². The Morgan fingerprint density at radius 3 is 2.92 bits per heavy atom. The zero-order chi connectivity index (χ0) is 8.55. The fraction of sp³-hybridized carbons (Fsp3) is 0.250. The first-order chi connectivity index (χ1) is 5.83. The Bertz CT molecular complexity index is 408. The van der Waals surface area contributed by atoms with E-state index in [1.54, 1.807) is 25.7 Å². The molecule has 0 aromatic carbocycles. The average Bonchev–Trinajstić information content (AvgIpc) is 2.49. The zero-order valence-electron chi connectivity index (χ0n) is 6.98. The van der Waals surface area contributed by atoms with Crippen LogP contribution in [-0.2, 0) is 0 Å². The number of rotatable bonds is 1. The van der Waals surface area contributed by atoms with Gasteiger partial charge in [0.05, 0.1) is 19.5 Å². The second kappa shape index (κ2) is 2.48. The number of imidazole rings is 1. The van der Waals surface area contributed by atoms with Gasteiger partial charge in [0.25, 0.3) is 0 Å². The van der Waals surface area contributed by atoms with Gasteiger partial charge in [-0.25, -0.2) is 4.98 Å². The van der Waals surface area contributed by atoms with Crippen LogP contribution >= 0.6 is 0 Å². The molecule has 4 nitrogen and oxygen atoms in total. The van der Waals surface area contributed by atoms with Crippen LogP contribution < -0.4 is 4.74 Å². The Hall–Kier alpha value is -1.58. The molecular weight excluding hydrogens is 154 g/mol. The molecule has 12 heavy (non-hydrogen) atoms. The van der Waals surface area contributed by atoms with Crippen LogP contribution in [0.25, 0.3) is 5.65 Å². The van der Waals surface area contributed by atoms with Crippen molar-refractivity contribution in [3.8, 4) is 5.88 Å². The van der Waals surface area contributed by atoms with Crippen LogP contribution in [0.4, 0.5) is 0 Å². The van der Waals surface area contributed by atoms with Crippen molar-refractivity contribution in [1.82, 2.24) is 14.4 Å². The van der Waals surface area contributed by atoms with Crippen LogP contribution in [0.3, 0.4) is 0 Å². The van der Waals surface area contributed by atoms with Gasteiger partial charge < -0.3 is 4.74 Å². The van der Waals surface area contributed by atoms with Crippen molar-refractivity contribution in [1.29, 1.82) is 0 Å². The molecule has 0 spiro atoms. The lowest BCUT2D eigenvalue weighted by Crippen LogP contribution is -1.95. The molecule has 2 rings (SSSR count). The number of nitrogens with zero attached hydrogens (tertiary/aromatic N) is 3. The number of fused-ring (bicyclic) bond motifs is 1. The molecule has 4 heteroatoms. The third-order valence-corrected chi connectivity index (χ3v) is 1.77. The Morgan fingerprint density at radius 1 is 1.33 bits per heavy atom. The summed E-state index contributed by atoms with van der Waals surface area (Å²) in [5, 5.41) is 0. The highest BCUT2D eigenvalue weighted by Crippen LogP contribution is 2.14. The predicted molar refractivity (Wildman–Crippen MR) is 44.3 cm³/mol. The number of hydrogen-bond donors (Lipinski definition) is 0. The predicted octanol–water partition coefficient (Wildman–Crippen LogP) is 1.05. The van der Waals surface area contributed by atoms with Gasteiger partial charge in [0, 0.05) is 11.9 Å². The summed E-state index contributed by atoms with van der Waals surface area (Å²) in [4.78, 5) is 8.15. The second-order valence-corrected chi connectivity index (χ2v) is 2.54. The lowest BCUT2D eigenvalue weighted by atomic mass is 10.5. The van der Waals surface area contributed by atoms with E-state index in [0.29, 0.717) is 0 Å². The van der Waals surface area contributed by atoms with Crippen LogP contribution in [0.15, 0.2) is 18.6 Å². The number of ether oxygens (including phenoxy) is 1. The lowest BCUT2D eigenvalue weighted by Gasteiger charge is -2.01. The normalized spacial score (nSPS) is 10.5. The van der Waals surface area contributed by atoms with Crippen molar-refractivity contribution in [3.63, 3.8) is 0 Å². The van der Waals surface area contributed by atoms with Crippen LogP contribution in [0, 0.1) is 6.92 Å². The van der Waals surface area contributed by atoms with E-state index in [0.717, 1.165) is 17.2 Å². The van der Waals surface area contributed by atoms with Crippen molar-refractivity contribution >= 4 is 5.65 Å². The SMILES string of the molecule is COc1cnc2cncc(C)n12. The molecule has 2 aromatic rings. The molecule has 62 valence electrons. The third kappa shape index (κ3) is 0.845. The van der Waals surface area contributed by atoms with E-state index >= 15 is 0 Å². The maximum Gasteiger partial charge on any atom is 0.218 e. The fourth-order valence-electron chi connectivity index (χ4n) is 1.21. The minimum absolute atomic E-state index is 0.741. The highest BCUT2D eigenvalue weighted by atomic mass is 16.5. The Labute approximate surface area is 69.8 Å². The van der Waals surface area contributed by atoms with Crippen molar-refractivity contribution in [3.05, 3.63) is 24.3 Å². The minimum Gasteiger partial charge on any atom is -0.481 e. The number of hydrogen-bond acceptors (Lipinski definition) is 3. The van der Waals surface area contributed by atoms with Crippen LogP contribution in [-0.4, -0.2) is 21.5 Å². The molecule has 0 aliphatic heterocycles. The molecule has 2 heterocycles. The first-order valence-corrected chi connectivity index (χ1v) is 3.65.